The van der Waals surface area contributed by atoms with E-state index in [9.17, 15) is 4.39 Å². The van der Waals surface area contributed by atoms with Crippen LogP contribution in [0, 0.1) is 19.7 Å². The second-order valence-electron chi connectivity index (χ2n) is 4.86. The van der Waals surface area contributed by atoms with Crippen LogP contribution in [-0.2, 0) is 6.54 Å². The Kier molecular flexibility index (Phi) is 3.40. The minimum absolute atomic E-state index is 0.169. The van der Waals surface area contributed by atoms with Gasteiger partial charge in [-0.15, -0.1) is 11.3 Å². The van der Waals surface area contributed by atoms with Crippen molar-refractivity contribution in [2.45, 2.75) is 20.4 Å². The van der Waals surface area contributed by atoms with Gasteiger partial charge in [-0.1, -0.05) is 17.7 Å². The molecule has 0 aliphatic carbocycles. The van der Waals surface area contributed by atoms with Crippen LogP contribution in [0.25, 0.3) is 10.2 Å². The number of thiazole rings is 1. The maximum Gasteiger partial charge on any atom is 0.128 e. The highest BCUT2D eigenvalue weighted by Crippen LogP contribution is 2.25. The summed E-state index contributed by atoms with van der Waals surface area (Å²) < 4.78 is 14.8. The molecule has 3 aromatic rings. The average molecular weight is 286 g/mol. The molecule has 0 atom stereocenters. The number of anilines is 1. The van der Waals surface area contributed by atoms with Crippen molar-refractivity contribution >= 4 is 27.2 Å². The van der Waals surface area contributed by atoms with Crippen molar-refractivity contribution in [3.05, 3.63) is 58.3 Å². The number of halogens is 1. The molecule has 0 radical (unpaired) electrons. The number of hydrogen-bond acceptors (Lipinski definition) is 3. The number of benzene rings is 2. The molecule has 0 fully saturated rings. The fraction of sp³-hybridized carbons (Fsp3) is 0.188. The first-order valence-electron chi connectivity index (χ1n) is 6.48. The Labute approximate surface area is 121 Å². The molecule has 0 saturated heterocycles. The summed E-state index contributed by atoms with van der Waals surface area (Å²) in [5.74, 6) is -0.169. The number of hydrogen-bond donors (Lipinski definition) is 1. The summed E-state index contributed by atoms with van der Waals surface area (Å²) >= 11 is 1.67. The van der Waals surface area contributed by atoms with E-state index < -0.39 is 0 Å². The third-order valence-corrected chi connectivity index (χ3v) is 4.11. The van der Waals surface area contributed by atoms with Gasteiger partial charge in [0.15, 0.2) is 0 Å². The van der Waals surface area contributed by atoms with Crippen molar-refractivity contribution in [1.82, 2.24) is 4.98 Å². The van der Waals surface area contributed by atoms with Crippen LogP contribution in [0.1, 0.15) is 16.1 Å². The van der Waals surface area contributed by atoms with Crippen LogP contribution in [-0.4, -0.2) is 4.98 Å². The van der Waals surface area contributed by atoms with Crippen LogP contribution in [0.15, 0.2) is 36.4 Å². The molecule has 0 aliphatic rings. The maximum absolute atomic E-state index is 13.7. The number of fused-ring (bicyclic) bond motifs is 1. The molecular formula is C16H15FN2S. The average Bonchev–Trinajstić information content (AvgIpc) is 2.79. The van der Waals surface area contributed by atoms with Crippen molar-refractivity contribution in [3.63, 3.8) is 0 Å². The Balaban J connectivity index is 1.80. The highest BCUT2D eigenvalue weighted by molar-refractivity contribution is 7.18. The zero-order valence-electron chi connectivity index (χ0n) is 11.4. The highest BCUT2D eigenvalue weighted by Gasteiger charge is 2.04. The SMILES string of the molecule is Cc1ccc(F)c(CNc2ccc3nc(C)sc3c2)c1. The lowest BCUT2D eigenvalue weighted by atomic mass is 10.1. The summed E-state index contributed by atoms with van der Waals surface area (Å²) in [5.41, 5.74) is 3.75. The van der Waals surface area contributed by atoms with Crippen molar-refractivity contribution < 1.29 is 4.39 Å². The maximum atomic E-state index is 13.7. The molecule has 0 spiro atoms. The van der Waals surface area contributed by atoms with Gasteiger partial charge in [-0.2, -0.15) is 0 Å². The van der Waals surface area contributed by atoms with Gasteiger partial charge in [0.05, 0.1) is 15.2 Å². The van der Waals surface area contributed by atoms with E-state index in [0.717, 1.165) is 26.5 Å². The molecule has 3 rings (SSSR count). The number of nitrogens with one attached hydrogen (secondary N) is 1. The molecule has 1 heterocycles. The predicted molar refractivity (Wildman–Crippen MR) is 82.8 cm³/mol. The summed E-state index contributed by atoms with van der Waals surface area (Å²) in [7, 11) is 0. The van der Waals surface area contributed by atoms with Gasteiger partial charge in [0, 0.05) is 17.8 Å². The smallest absolute Gasteiger partial charge is 0.128 e. The molecule has 0 bridgehead atoms. The molecule has 2 nitrogen and oxygen atoms in total. The van der Waals surface area contributed by atoms with Gasteiger partial charge in [0.2, 0.25) is 0 Å². The summed E-state index contributed by atoms with van der Waals surface area (Å²) in [6.45, 7) is 4.45. The molecular weight excluding hydrogens is 271 g/mol. The zero-order chi connectivity index (χ0) is 14.1. The Morgan fingerprint density at radius 2 is 2.00 bits per heavy atom. The van der Waals surface area contributed by atoms with E-state index in [1.54, 1.807) is 17.4 Å². The zero-order valence-corrected chi connectivity index (χ0v) is 12.2. The van der Waals surface area contributed by atoms with Crippen LogP contribution >= 0.6 is 11.3 Å². The number of nitrogens with zero attached hydrogens (tertiary/aromatic N) is 1. The third kappa shape index (κ3) is 2.65. The van der Waals surface area contributed by atoms with Crippen LogP contribution in [0.2, 0.25) is 0 Å². The molecule has 0 amide bonds. The highest BCUT2D eigenvalue weighted by atomic mass is 32.1. The molecule has 102 valence electrons. The van der Waals surface area contributed by atoms with Gasteiger partial charge >= 0.3 is 0 Å². The van der Waals surface area contributed by atoms with Crippen molar-refractivity contribution in [2.75, 3.05) is 5.32 Å². The Morgan fingerprint density at radius 3 is 2.85 bits per heavy atom. The van der Waals surface area contributed by atoms with E-state index in [-0.39, 0.29) is 5.82 Å². The molecule has 1 N–H and O–H groups in total. The molecule has 0 unspecified atom stereocenters. The van der Waals surface area contributed by atoms with Crippen LogP contribution in [0.5, 0.6) is 0 Å². The standard InChI is InChI=1S/C16H15FN2S/c1-10-3-5-14(17)12(7-10)9-18-13-4-6-15-16(8-13)20-11(2)19-15/h3-8,18H,9H2,1-2H3. The van der Waals surface area contributed by atoms with E-state index in [1.165, 1.54) is 6.07 Å². The summed E-state index contributed by atoms with van der Waals surface area (Å²) in [6, 6.07) is 11.2. The first-order chi connectivity index (χ1) is 9.61. The van der Waals surface area contributed by atoms with Crippen molar-refractivity contribution in [3.8, 4) is 0 Å². The number of aromatic nitrogens is 1. The van der Waals surface area contributed by atoms with Crippen molar-refractivity contribution in [2.24, 2.45) is 0 Å². The van der Waals surface area contributed by atoms with E-state index in [2.05, 4.69) is 16.4 Å². The molecule has 0 saturated carbocycles. The topological polar surface area (TPSA) is 24.9 Å². The van der Waals surface area contributed by atoms with E-state index >= 15 is 0 Å². The van der Waals surface area contributed by atoms with Gasteiger partial charge in [0.1, 0.15) is 5.82 Å². The minimum atomic E-state index is -0.169. The first-order valence-corrected chi connectivity index (χ1v) is 7.29. The lowest BCUT2D eigenvalue weighted by molar-refractivity contribution is 0.612. The molecule has 4 heteroatoms. The van der Waals surface area contributed by atoms with E-state index in [0.29, 0.717) is 12.1 Å². The van der Waals surface area contributed by atoms with Crippen LogP contribution < -0.4 is 5.32 Å². The first kappa shape index (κ1) is 13.1. The van der Waals surface area contributed by atoms with E-state index in [4.69, 9.17) is 0 Å². The fourth-order valence-electron chi connectivity index (χ4n) is 2.19. The number of rotatable bonds is 3. The van der Waals surface area contributed by atoms with Crippen LogP contribution in [0.4, 0.5) is 10.1 Å². The van der Waals surface area contributed by atoms with Crippen molar-refractivity contribution in [1.29, 1.82) is 0 Å². The molecule has 1 aromatic heterocycles. The molecule has 0 aliphatic heterocycles. The number of aryl methyl sites for hydroxylation is 2. The van der Waals surface area contributed by atoms with Gasteiger partial charge in [0.25, 0.3) is 0 Å². The summed E-state index contributed by atoms with van der Waals surface area (Å²) in [4.78, 5) is 4.43. The third-order valence-electron chi connectivity index (χ3n) is 3.18. The summed E-state index contributed by atoms with van der Waals surface area (Å²) in [5, 5.41) is 4.33. The van der Waals surface area contributed by atoms with E-state index in [1.807, 2.05) is 32.0 Å². The Hall–Kier alpha value is -1.94. The fourth-order valence-corrected chi connectivity index (χ4v) is 3.05. The lowest BCUT2D eigenvalue weighted by Crippen LogP contribution is -2.02. The Bertz CT molecular complexity index is 764. The lowest BCUT2D eigenvalue weighted by Gasteiger charge is -2.08. The Morgan fingerprint density at radius 1 is 1.15 bits per heavy atom. The van der Waals surface area contributed by atoms with Gasteiger partial charge in [-0.3, -0.25) is 0 Å². The second kappa shape index (κ2) is 5.21. The summed E-state index contributed by atoms with van der Waals surface area (Å²) in [6.07, 6.45) is 0. The predicted octanol–water partition coefficient (Wildman–Crippen LogP) is 4.66. The van der Waals surface area contributed by atoms with Gasteiger partial charge in [-0.05, 0) is 38.1 Å². The monoisotopic (exact) mass is 286 g/mol. The second-order valence-corrected chi connectivity index (χ2v) is 6.10. The molecule has 20 heavy (non-hydrogen) atoms. The normalized spacial score (nSPS) is 10.9. The van der Waals surface area contributed by atoms with Gasteiger partial charge in [-0.25, -0.2) is 9.37 Å². The van der Waals surface area contributed by atoms with Crippen LogP contribution in [0.3, 0.4) is 0 Å². The minimum Gasteiger partial charge on any atom is -0.381 e. The molecule has 2 aromatic carbocycles. The largest absolute Gasteiger partial charge is 0.381 e. The van der Waals surface area contributed by atoms with Gasteiger partial charge < -0.3 is 5.32 Å². The quantitative estimate of drug-likeness (QED) is 0.757.